The normalized spacial score (nSPS) is 11.7. The zero-order chi connectivity index (χ0) is 15.3. The third kappa shape index (κ3) is 4.62. The first-order valence-corrected chi connectivity index (χ1v) is 8.07. The Kier molecular flexibility index (Phi) is 6.74. The van der Waals surface area contributed by atoms with Crippen LogP contribution in [0.15, 0.2) is 6.07 Å². The van der Waals surface area contributed by atoms with Gasteiger partial charge in [-0.15, -0.1) is 0 Å². The lowest BCUT2D eigenvalue weighted by Gasteiger charge is -2.33. The summed E-state index contributed by atoms with van der Waals surface area (Å²) in [6.07, 6.45) is 2.23. The summed E-state index contributed by atoms with van der Waals surface area (Å²) in [5.41, 5.74) is 0. The molecule has 1 aromatic rings. The fraction of sp³-hybridized carbons (Fsp3) is 0.750. The number of hydrogen-bond acceptors (Lipinski definition) is 3. The molecule has 4 heteroatoms. The van der Waals surface area contributed by atoms with Crippen molar-refractivity contribution in [3.05, 3.63) is 17.0 Å². The molecule has 1 rings (SSSR count). The van der Waals surface area contributed by atoms with Crippen molar-refractivity contribution in [1.29, 1.82) is 0 Å². The Morgan fingerprint density at radius 1 is 1.10 bits per heavy atom. The molecule has 0 saturated heterocycles. The molecule has 0 N–H and O–H groups in total. The number of halogens is 1. The number of rotatable bonds is 7. The van der Waals surface area contributed by atoms with Crippen molar-refractivity contribution >= 4 is 17.4 Å². The minimum atomic E-state index is 0.287. The van der Waals surface area contributed by atoms with Gasteiger partial charge in [-0.2, -0.15) is 0 Å². The van der Waals surface area contributed by atoms with Crippen LogP contribution in [0.3, 0.4) is 0 Å². The fourth-order valence-corrected chi connectivity index (χ4v) is 2.56. The summed E-state index contributed by atoms with van der Waals surface area (Å²) in [6, 6.07) is 2.40. The molecule has 0 aliphatic carbocycles. The molecule has 0 fully saturated rings. The molecular weight excluding hydrogens is 270 g/mol. The first kappa shape index (κ1) is 17.2. The first-order valence-electron chi connectivity index (χ1n) is 7.70. The van der Waals surface area contributed by atoms with E-state index < -0.39 is 0 Å². The monoisotopic (exact) mass is 297 g/mol. The summed E-state index contributed by atoms with van der Waals surface area (Å²) in [5, 5.41) is 0.540. The van der Waals surface area contributed by atoms with E-state index in [4.69, 9.17) is 16.6 Å². The van der Waals surface area contributed by atoms with Gasteiger partial charge >= 0.3 is 0 Å². The summed E-state index contributed by atoms with van der Waals surface area (Å²) >= 11 is 6.19. The second kappa shape index (κ2) is 7.82. The quantitative estimate of drug-likeness (QED) is 0.670. The molecule has 3 nitrogen and oxygen atoms in total. The number of anilines is 1. The zero-order valence-electron chi connectivity index (χ0n) is 13.7. The average molecular weight is 298 g/mol. The Hall–Kier alpha value is -0.830. The van der Waals surface area contributed by atoms with Gasteiger partial charge in [0, 0.05) is 24.6 Å². The van der Waals surface area contributed by atoms with E-state index >= 15 is 0 Å². The van der Waals surface area contributed by atoms with Gasteiger partial charge in [0.05, 0.1) is 0 Å². The molecule has 0 radical (unpaired) electrons. The highest BCUT2D eigenvalue weighted by Crippen LogP contribution is 2.24. The SMILES string of the molecule is CCC(CC)N(CC(C)C)c1cc(Cl)nc(C(C)C)n1. The van der Waals surface area contributed by atoms with Crippen molar-refractivity contribution in [3.63, 3.8) is 0 Å². The lowest BCUT2D eigenvalue weighted by atomic mass is 10.1. The average Bonchev–Trinajstić information content (AvgIpc) is 2.37. The van der Waals surface area contributed by atoms with Gasteiger partial charge < -0.3 is 4.90 Å². The van der Waals surface area contributed by atoms with Crippen LogP contribution in [0, 0.1) is 5.92 Å². The molecule has 0 bridgehead atoms. The third-order valence-electron chi connectivity index (χ3n) is 3.45. The minimum absolute atomic E-state index is 0.287. The highest BCUT2D eigenvalue weighted by molar-refractivity contribution is 6.29. The second-order valence-corrected chi connectivity index (χ2v) is 6.47. The van der Waals surface area contributed by atoms with E-state index in [1.54, 1.807) is 0 Å². The van der Waals surface area contributed by atoms with Crippen molar-refractivity contribution in [3.8, 4) is 0 Å². The zero-order valence-corrected chi connectivity index (χ0v) is 14.4. The van der Waals surface area contributed by atoms with Crippen LogP contribution in [0.1, 0.15) is 66.1 Å². The predicted molar refractivity (Wildman–Crippen MR) is 87.7 cm³/mol. The Bertz CT molecular complexity index is 414. The highest BCUT2D eigenvalue weighted by Gasteiger charge is 2.20. The second-order valence-electron chi connectivity index (χ2n) is 6.08. The lowest BCUT2D eigenvalue weighted by Crippen LogP contribution is -2.38. The van der Waals surface area contributed by atoms with Gasteiger partial charge in [-0.25, -0.2) is 9.97 Å². The molecule has 0 saturated carbocycles. The van der Waals surface area contributed by atoms with E-state index in [1.165, 1.54) is 0 Å². The van der Waals surface area contributed by atoms with Crippen LogP contribution in [-0.2, 0) is 0 Å². The predicted octanol–water partition coefficient (Wildman–Crippen LogP) is 4.90. The smallest absolute Gasteiger partial charge is 0.135 e. The van der Waals surface area contributed by atoms with Crippen LogP contribution in [-0.4, -0.2) is 22.6 Å². The van der Waals surface area contributed by atoms with Crippen LogP contribution in [0.25, 0.3) is 0 Å². The van der Waals surface area contributed by atoms with Gasteiger partial charge in [-0.3, -0.25) is 0 Å². The molecule has 0 amide bonds. The van der Waals surface area contributed by atoms with E-state index in [0.717, 1.165) is 31.0 Å². The molecule has 20 heavy (non-hydrogen) atoms. The van der Waals surface area contributed by atoms with Crippen molar-refractivity contribution in [1.82, 2.24) is 9.97 Å². The molecule has 114 valence electrons. The summed E-state index contributed by atoms with van der Waals surface area (Å²) < 4.78 is 0. The van der Waals surface area contributed by atoms with Gasteiger partial charge in [0.2, 0.25) is 0 Å². The molecule has 0 atom stereocenters. The van der Waals surface area contributed by atoms with Crippen molar-refractivity contribution in [2.24, 2.45) is 5.92 Å². The summed E-state index contributed by atoms with van der Waals surface area (Å²) in [7, 11) is 0. The van der Waals surface area contributed by atoms with Crippen LogP contribution in [0.2, 0.25) is 5.15 Å². The van der Waals surface area contributed by atoms with E-state index in [9.17, 15) is 0 Å². The molecule has 0 aliphatic heterocycles. The van der Waals surface area contributed by atoms with Crippen molar-refractivity contribution in [2.45, 2.75) is 66.3 Å². The maximum atomic E-state index is 6.19. The summed E-state index contributed by atoms with van der Waals surface area (Å²) in [4.78, 5) is 11.5. The van der Waals surface area contributed by atoms with E-state index in [1.807, 2.05) is 6.07 Å². The lowest BCUT2D eigenvalue weighted by molar-refractivity contribution is 0.502. The minimum Gasteiger partial charge on any atom is -0.353 e. The fourth-order valence-electron chi connectivity index (χ4n) is 2.38. The highest BCUT2D eigenvalue weighted by atomic mass is 35.5. The maximum absolute atomic E-state index is 6.19. The van der Waals surface area contributed by atoms with Crippen LogP contribution in [0.4, 0.5) is 5.82 Å². The van der Waals surface area contributed by atoms with Gasteiger partial charge in [-0.1, -0.05) is 53.1 Å². The van der Waals surface area contributed by atoms with Gasteiger partial charge in [-0.05, 0) is 18.8 Å². The Morgan fingerprint density at radius 2 is 1.70 bits per heavy atom. The molecule has 0 aliphatic rings. The van der Waals surface area contributed by atoms with E-state index in [-0.39, 0.29) is 5.92 Å². The summed E-state index contributed by atoms with van der Waals surface area (Å²) in [5.74, 6) is 2.67. The van der Waals surface area contributed by atoms with E-state index in [2.05, 4.69) is 51.4 Å². The Labute approximate surface area is 128 Å². The molecule has 1 heterocycles. The number of hydrogen-bond donors (Lipinski definition) is 0. The molecule has 0 aromatic carbocycles. The molecule has 0 spiro atoms. The number of nitrogens with zero attached hydrogens (tertiary/aromatic N) is 3. The topological polar surface area (TPSA) is 29.0 Å². The Balaban J connectivity index is 3.18. The maximum Gasteiger partial charge on any atom is 0.135 e. The van der Waals surface area contributed by atoms with Crippen LogP contribution >= 0.6 is 11.6 Å². The van der Waals surface area contributed by atoms with Gasteiger partial charge in [0.1, 0.15) is 16.8 Å². The molecule has 1 aromatic heterocycles. The van der Waals surface area contributed by atoms with Gasteiger partial charge in [0.15, 0.2) is 0 Å². The Morgan fingerprint density at radius 3 is 2.15 bits per heavy atom. The van der Waals surface area contributed by atoms with E-state index in [0.29, 0.717) is 17.1 Å². The van der Waals surface area contributed by atoms with Crippen molar-refractivity contribution < 1.29 is 0 Å². The molecule has 0 unspecified atom stereocenters. The largest absolute Gasteiger partial charge is 0.353 e. The van der Waals surface area contributed by atoms with Crippen molar-refractivity contribution in [2.75, 3.05) is 11.4 Å². The standard InChI is InChI=1S/C16H28ClN3/c1-7-13(8-2)20(10-11(3)4)15-9-14(17)18-16(19-15)12(5)6/h9,11-13H,7-8,10H2,1-6H3. The van der Waals surface area contributed by atoms with Crippen LogP contribution in [0.5, 0.6) is 0 Å². The third-order valence-corrected chi connectivity index (χ3v) is 3.65. The number of aromatic nitrogens is 2. The molecular formula is C16H28ClN3. The van der Waals surface area contributed by atoms with Crippen LogP contribution < -0.4 is 4.90 Å². The summed E-state index contributed by atoms with van der Waals surface area (Å²) in [6.45, 7) is 14.1. The van der Waals surface area contributed by atoms with Gasteiger partial charge in [0.25, 0.3) is 0 Å². The first-order chi connectivity index (χ1) is 9.38.